The molecule has 27 heavy (non-hydrogen) atoms. The summed E-state index contributed by atoms with van der Waals surface area (Å²) in [5, 5.41) is 8.04. The zero-order chi connectivity index (χ0) is 18.8. The predicted molar refractivity (Wildman–Crippen MR) is 105 cm³/mol. The fourth-order valence-electron chi connectivity index (χ4n) is 3.38. The number of hydrogen-bond acceptors (Lipinski definition) is 5. The SMILES string of the molecule is Cc1cc2onc(CC(=O)Nc3ccccc3N3CCOCC3)c2cc1C. The van der Waals surface area contributed by atoms with E-state index in [4.69, 9.17) is 9.26 Å². The maximum absolute atomic E-state index is 12.7. The molecule has 1 fully saturated rings. The second-order valence-electron chi connectivity index (χ2n) is 6.90. The van der Waals surface area contributed by atoms with Crippen molar-refractivity contribution >= 4 is 28.3 Å². The van der Waals surface area contributed by atoms with Crippen LogP contribution in [0.15, 0.2) is 40.9 Å². The van der Waals surface area contributed by atoms with Gasteiger partial charge in [-0.2, -0.15) is 0 Å². The van der Waals surface area contributed by atoms with Gasteiger partial charge in [-0.1, -0.05) is 17.3 Å². The maximum atomic E-state index is 12.7. The summed E-state index contributed by atoms with van der Waals surface area (Å²) in [5.41, 5.74) is 5.51. The van der Waals surface area contributed by atoms with Crippen molar-refractivity contribution in [1.82, 2.24) is 5.16 Å². The molecular weight excluding hydrogens is 342 g/mol. The van der Waals surface area contributed by atoms with Crippen LogP contribution < -0.4 is 10.2 Å². The number of amides is 1. The molecule has 1 saturated heterocycles. The van der Waals surface area contributed by atoms with Gasteiger partial charge >= 0.3 is 0 Å². The van der Waals surface area contributed by atoms with E-state index in [0.717, 1.165) is 46.6 Å². The zero-order valence-corrected chi connectivity index (χ0v) is 15.6. The van der Waals surface area contributed by atoms with Crippen molar-refractivity contribution in [3.63, 3.8) is 0 Å². The van der Waals surface area contributed by atoms with Gasteiger partial charge in [0.05, 0.1) is 31.0 Å². The number of nitrogens with zero attached hydrogens (tertiary/aromatic N) is 2. The minimum Gasteiger partial charge on any atom is -0.378 e. The van der Waals surface area contributed by atoms with Gasteiger partial charge in [0.1, 0.15) is 5.69 Å². The van der Waals surface area contributed by atoms with Crippen LogP contribution in [0.3, 0.4) is 0 Å². The highest BCUT2D eigenvalue weighted by atomic mass is 16.5. The number of para-hydroxylation sites is 2. The molecule has 0 spiro atoms. The molecule has 0 aliphatic carbocycles. The van der Waals surface area contributed by atoms with Gasteiger partial charge in [-0.3, -0.25) is 4.79 Å². The van der Waals surface area contributed by atoms with Crippen molar-refractivity contribution in [3.05, 3.63) is 53.2 Å². The van der Waals surface area contributed by atoms with E-state index < -0.39 is 0 Å². The molecule has 0 saturated carbocycles. The zero-order valence-electron chi connectivity index (χ0n) is 15.6. The molecule has 0 unspecified atom stereocenters. The fraction of sp³-hybridized carbons (Fsp3) is 0.333. The standard InChI is InChI=1S/C21H23N3O3/c1-14-11-16-18(23-27-20(16)12-15(14)2)13-21(25)22-17-5-3-4-6-19(17)24-7-9-26-10-8-24/h3-6,11-12H,7-10,13H2,1-2H3,(H,22,25). The highest BCUT2D eigenvalue weighted by Gasteiger charge is 2.18. The molecule has 6 nitrogen and oxygen atoms in total. The number of aryl methyl sites for hydroxylation is 2. The van der Waals surface area contributed by atoms with E-state index in [2.05, 4.69) is 15.4 Å². The van der Waals surface area contributed by atoms with Crippen LogP contribution in [0.25, 0.3) is 11.0 Å². The lowest BCUT2D eigenvalue weighted by molar-refractivity contribution is -0.115. The van der Waals surface area contributed by atoms with Gasteiger partial charge in [0, 0.05) is 18.5 Å². The Labute approximate surface area is 158 Å². The van der Waals surface area contributed by atoms with Crippen LogP contribution in [0, 0.1) is 13.8 Å². The summed E-state index contributed by atoms with van der Waals surface area (Å²) < 4.78 is 10.8. The van der Waals surface area contributed by atoms with E-state index in [1.54, 1.807) is 0 Å². The Morgan fingerprint density at radius 1 is 1.15 bits per heavy atom. The normalized spacial score (nSPS) is 14.5. The molecule has 1 aliphatic rings. The number of aromatic nitrogens is 1. The van der Waals surface area contributed by atoms with E-state index >= 15 is 0 Å². The van der Waals surface area contributed by atoms with Crippen molar-refractivity contribution in [2.75, 3.05) is 36.5 Å². The number of anilines is 2. The second-order valence-corrected chi connectivity index (χ2v) is 6.90. The summed E-state index contributed by atoms with van der Waals surface area (Å²) in [5.74, 6) is -0.107. The summed E-state index contributed by atoms with van der Waals surface area (Å²) in [7, 11) is 0. The average Bonchev–Trinajstić information content (AvgIpc) is 3.04. The monoisotopic (exact) mass is 365 g/mol. The summed E-state index contributed by atoms with van der Waals surface area (Å²) in [6.07, 6.45) is 0.174. The number of carbonyl (C=O) groups excluding carboxylic acids is 1. The van der Waals surface area contributed by atoms with E-state index in [9.17, 15) is 4.79 Å². The molecule has 3 aromatic rings. The Balaban J connectivity index is 1.53. The number of morpholine rings is 1. The molecule has 1 amide bonds. The Kier molecular flexibility index (Phi) is 4.81. The molecule has 2 aromatic carbocycles. The van der Waals surface area contributed by atoms with Gasteiger partial charge < -0.3 is 19.5 Å². The van der Waals surface area contributed by atoms with Crippen LogP contribution in [0.2, 0.25) is 0 Å². The van der Waals surface area contributed by atoms with Gasteiger partial charge in [-0.25, -0.2) is 0 Å². The minimum absolute atomic E-state index is 0.107. The lowest BCUT2D eigenvalue weighted by atomic mass is 10.1. The van der Waals surface area contributed by atoms with Crippen molar-refractivity contribution in [2.24, 2.45) is 0 Å². The molecule has 0 atom stereocenters. The molecule has 0 radical (unpaired) electrons. The summed E-state index contributed by atoms with van der Waals surface area (Å²) in [6.45, 7) is 7.12. The second kappa shape index (κ2) is 7.40. The smallest absolute Gasteiger partial charge is 0.230 e. The number of carbonyl (C=O) groups is 1. The van der Waals surface area contributed by atoms with Gasteiger partial charge in [-0.15, -0.1) is 0 Å². The highest BCUT2D eigenvalue weighted by molar-refractivity contribution is 5.97. The quantitative estimate of drug-likeness (QED) is 0.767. The topological polar surface area (TPSA) is 67.6 Å². The lowest BCUT2D eigenvalue weighted by Crippen LogP contribution is -2.36. The lowest BCUT2D eigenvalue weighted by Gasteiger charge is -2.30. The third kappa shape index (κ3) is 3.66. The number of ether oxygens (including phenoxy) is 1. The first-order chi connectivity index (χ1) is 13.1. The number of hydrogen-bond donors (Lipinski definition) is 1. The largest absolute Gasteiger partial charge is 0.378 e. The van der Waals surface area contributed by atoms with Crippen LogP contribution in [-0.4, -0.2) is 37.4 Å². The molecule has 1 aliphatic heterocycles. The van der Waals surface area contributed by atoms with E-state index in [0.29, 0.717) is 18.9 Å². The van der Waals surface area contributed by atoms with Crippen LogP contribution >= 0.6 is 0 Å². The van der Waals surface area contributed by atoms with Crippen molar-refractivity contribution in [2.45, 2.75) is 20.3 Å². The van der Waals surface area contributed by atoms with Gasteiger partial charge in [0.2, 0.25) is 5.91 Å². The number of benzene rings is 2. The van der Waals surface area contributed by atoms with E-state index in [-0.39, 0.29) is 12.3 Å². The average molecular weight is 365 g/mol. The van der Waals surface area contributed by atoms with E-state index in [1.165, 1.54) is 0 Å². The molecule has 0 bridgehead atoms. The third-order valence-corrected chi connectivity index (χ3v) is 5.02. The first-order valence-corrected chi connectivity index (χ1v) is 9.19. The predicted octanol–water partition coefficient (Wildman–Crippen LogP) is 3.46. The molecule has 140 valence electrons. The maximum Gasteiger partial charge on any atom is 0.230 e. The minimum atomic E-state index is -0.107. The summed E-state index contributed by atoms with van der Waals surface area (Å²) in [4.78, 5) is 14.9. The van der Waals surface area contributed by atoms with Crippen molar-refractivity contribution in [1.29, 1.82) is 0 Å². The Morgan fingerprint density at radius 3 is 2.70 bits per heavy atom. The van der Waals surface area contributed by atoms with Gasteiger partial charge in [0.25, 0.3) is 0 Å². The van der Waals surface area contributed by atoms with Crippen LogP contribution in [-0.2, 0) is 16.0 Å². The first kappa shape index (κ1) is 17.5. The van der Waals surface area contributed by atoms with Crippen molar-refractivity contribution in [3.8, 4) is 0 Å². The number of nitrogens with one attached hydrogen (secondary N) is 1. The Bertz CT molecular complexity index is 974. The Morgan fingerprint density at radius 2 is 1.89 bits per heavy atom. The van der Waals surface area contributed by atoms with Gasteiger partial charge in [0.15, 0.2) is 5.58 Å². The van der Waals surface area contributed by atoms with Crippen LogP contribution in [0.4, 0.5) is 11.4 Å². The number of rotatable bonds is 4. The third-order valence-electron chi connectivity index (χ3n) is 5.02. The summed E-state index contributed by atoms with van der Waals surface area (Å²) in [6, 6.07) is 11.9. The molecular formula is C21H23N3O3. The van der Waals surface area contributed by atoms with Crippen molar-refractivity contribution < 1.29 is 14.1 Å². The number of fused-ring (bicyclic) bond motifs is 1. The van der Waals surface area contributed by atoms with Crippen LogP contribution in [0.1, 0.15) is 16.8 Å². The Hall–Kier alpha value is -2.86. The summed E-state index contributed by atoms with van der Waals surface area (Å²) >= 11 is 0. The molecule has 1 N–H and O–H groups in total. The molecule has 1 aromatic heterocycles. The van der Waals surface area contributed by atoms with E-state index in [1.807, 2.05) is 50.2 Å². The molecule has 4 rings (SSSR count). The molecule has 2 heterocycles. The molecule has 6 heteroatoms. The fourth-order valence-corrected chi connectivity index (χ4v) is 3.38. The van der Waals surface area contributed by atoms with Gasteiger partial charge in [-0.05, 0) is 49.2 Å². The highest BCUT2D eigenvalue weighted by Crippen LogP contribution is 2.27. The first-order valence-electron chi connectivity index (χ1n) is 9.19. The van der Waals surface area contributed by atoms with Crippen LogP contribution in [0.5, 0.6) is 0 Å².